The number of piperidine rings is 1. The molecule has 2 bridgehead atoms. The highest BCUT2D eigenvalue weighted by Gasteiger charge is 2.49. The minimum Gasteiger partial charge on any atom is -0.508 e. The Bertz CT molecular complexity index is 2080. The predicted octanol–water partition coefficient (Wildman–Crippen LogP) is 5.82. The number of esters is 1. The highest BCUT2D eigenvalue weighted by molar-refractivity contribution is 6.02. The number of pyridine rings is 1. The number of nitrogens with zero attached hydrogens (tertiary/aromatic N) is 6. The molecule has 0 aliphatic carbocycles. The van der Waals surface area contributed by atoms with Crippen molar-refractivity contribution in [3.63, 3.8) is 0 Å². The van der Waals surface area contributed by atoms with Crippen molar-refractivity contribution in [1.82, 2.24) is 24.8 Å². The van der Waals surface area contributed by atoms with E-state index >= 15 is 4.39 Å². The lowest BCUT2D eigenvalue weighted by molar-refractivity contribution is -0.171. The van der Waals surface area contributed by atoms with Gasteiger partial charge in [0.15, 0.2) is 5.82 Å². The molecule has 5 fully saturated rings. The molecule has 14 heteroatoms. The molecule has 2 aromatic carbocycles. The first kappa shape index (κ1) is 36.1. The number of piperazine rings is 1. The minimum absolute atomic E-state index is 0.0113. The Balaban J connectivity index is 0.000000418. The van der Waals surface area contributed by atoms with Gasteiger partial charge in [-0.05, 0) is 55.8 Å². The van der Waals surface area contributed by atoms with Crippen LogP contribution in [0, 0.1) is 24.1 Å². The molecule has 53 heavy (non-hydrogen) atoms. The minimum atomic E-state index is -1.02. The zero-order valence-electron chi connectivity index (χ0n) is 30.1. The first-order chi connectivity index (χ1) is 25.4. The van der Waals surface area contributed by atoms with Gasteiger partial charge in [0, 0.05) is 55.3 Å². The number of benzene rings is 2. The molecule has 0 saturated carbocycles. The summed E-state index contributed by atoms with van der Waals surface area (Å²) in [5.74, 6) is 1.45. The van der Waals surface area contributed by atoms with Gasteiger partial charge in [-0.1, -0.05) is 31.9 Å². The fourth-order valence-corrected chi connectivity index (χ4v) is 7.89. The van der Waals surface area contributed by atoms with Crippen molar-refractivity contribution in [2.24, 2.45) is 5.92 Å². The molecule has 7 heterocycles. The van der Waals surface area contributed by atoms with E-state index in [4.69, 9.17) is 20.6 Å². The van der Waals surface area contributed by atoms with Crippen LogP contribution >= 0.6 is 0 Å². The Kier molecular flexibility index (Phi) is 9.95. The number of ether oxygens (including phenoxy) is 3. The van der Waals surface area contributed by atoms with E-state index in [1.807, 2.05) is 4.90 Å². The summed E-state index contributed by atoms with van der Waals surface area (Å²) in [5.41, 5.74) is 0.815. The van der Waals surface area contributed by atoms with E-state index in [1.54, 1.807) is 43.0 Å². The first-order valence-electron chi connectivity index (χ1n) is 17.9. The largest absolute Gasteiger partial charge is 0.508 e. The summed E-state index contributed by atoms with van der Waals surface area (Å²) >= 11 is 0. The average Bonchev–Trinajstić information content (AvgIpc) is 3.72. The third kappa shape index (κ3) is 6.97. The van der Waals surface area contributed by atoms with Gasteiger partial charge in [-0.25, -0.2) is 13.6 Å². The number of amides is 1. The van der Waals surface area contributed by atoms with E-state index in [9.17, 15) is 19.1 Å². The molecular weight excluding hydrogens is 686 g/mol. The lowest BCUT2D eigenvalue weighted by atomic mass is 9.88. The van der Waals surface area contributed by atoms with E-state index in [1.165, 1.54) is 39.1 Å². The SMILES string of the molecule is C#Cc1cccc2cc(O)cc(-c3ncc4c(N5CC6CC(C5)N6C(=O)OC(C)OC(=O)C(C)C)nc(OC)nc4c3F)c12.F[C@@H]1CC2CCCN2C1. The summed E-state index contributed by atoms with van der Waals surface area (Å²) in [6.45, 7) is 7.55. The maximum Gasteiger partial charge on any atom is 0.413 e. The Morgan fingerprint density at radius 1 is 1.06 bits per heavy atom. The number of phenols is 1. The van der Waals surface area contributed by atoms with E-state index in [0.717, 1.165) is 19.4 Å². The normalized spacial score (nSPS) is 22.5. The number of hydrogen-bond acceptors (Lipinski definition) is 11. The summed E-state index contributed by atoms with van der Waals surface area (Å²) in [4.78, 5) is 43.9. The quantitative estimate of drug-likeness (QED) is 0.147. The van der Waals surface area contributed by atoms with Crippen molar-refractivity contribution in [2.45, 2.75) is 77.0 Å². The number of carbonyl (C=O) groups is 2. The number of carbonyl (C=O) groups excluding carboxylic acids is 2. The topological polar surface area (TPSA) is 130 Å². The van der Waals surface area contributed by atoms with Crippen LogP contribution in [0.5, 0.6) is 11.8 Å². The monoisotopic (exact) mass is 728 g/mol. The molecule has 4 aromatic rings. The molecule has 1 amide bonds. The Labute approximate surface area is 306 Å². The first-order valence-corrected chi connectivity index (χ1v) is 17.9. The molecule has 2 aromatic heterocycles. The number of anilines is 1. The third-order valence-corrected chi connectivity index (χ3v) is 10.4. The van der Waals surface area contributed by atoms with Gasteiger partial charge in [0.2, 0.25) is 6.29 Å². The number of aromatic hydroxyl groups is 1. The summed E-state index contributed by atoms with van der Waals surface area (Å²) < 4.78 is 44.9. The molecule has 278 valence electrons. The Hall–Kier alpha value is -5.29. The number of methoxy groups -OCH3 is 1. The molecule has 12 nitrogen and oxygen atoms in total. The number of phenolic OH excluding ortho intramolecular Hbond substituents is 1. The fourth-order valence-electron chi connectivity index (χ4n) is 7.89. The summed E-state index contributed by atoms with van der Waals surface area (Å²) in [7, 11) is 1.39. The van der Waals surface area contributed by atoms with Gasteiger partial charge in [0.1, 0.15) is 28.9 Å². The van der Waals surface area contributed by atoms with Crippen LogP contribution in [0.1, 0.15) is 52.0 Å². The van der Waals surface area contributed by atoms with Crippen molar-refractivity contribution >= 4 is 39.6 Å². The third-order valence-electron chi connectivity index (χ3n) is 10.4. The van der Waals surface area contributed by atoms with Crippen LogP contribution in [0.25, 0.3) is 32.9 Å². The molecule has 4 unspecified atom stereocenters. The van der Waals surface area contributed by atoms with Crippen LogP contribution in [0.3, 0.4) is 0 Å². The van der Waals surface area contributed by atoms with Crippen LogP contribution in [-0.2, 0) is 14.3 Å². The van der Waals surface area contributed by atoms with Crippen molar-refractivity contribution in [3.8, 4) is 35.4 Å². The van der Waals surface area contributed by atoms with Crippen LogP contribution in [0.15, 0.2) is 36.5 Å². The summed E-state index contributed by atoms with van der Waals surface area (Å²) in [6.07, 6.45) is 9.22. The van der Waals surface area contributed by atoms with Crippen LogP contribution in [0.2, 0.25) is 0 Å². The van der Waals surface area contributed by atoms with Crippen LogP contribution < -0.4 is 9.64 Å². The number of alkyl halides is 1. The molecule has 0 radical (unpaired) electrons. The highest BCUT2D eigenvalue weighted by atomic mass is 19.1. The van der Waals surface area contributed by atoms with Crippen molar-refractivity contribution in [2.75, 3.05) is 38.2 Å². The number of aromatic nitrogens is 3. The van der Waals surface area contributed by atoms with Gasteiger partial charge in [-0.2, -0.15) is 9.97 Å². The number of terminal acetylenes is 1. The number of hydrogen-bond donors (Lipinski definition) is 1. The molecule has 0 spiro atoms. The van der Waals surface area contributed by atoms with Gasteiger partial charge >= 0.3 is 18.1 Å². The number of halogens is 2. The average molecular weight is 729 g/mol. The van der Waals surface area contributed by atoms with E-state index in [2.05, 4.69) is 25.8 Å². The van der Waals surface area contributed by atoms with E-state index in [-0.39, 0.29) is 41.0 Å². The Morgan fingerprint density at radius 3 is 2.53 bits per heavy atom. The van der Waals surface area contributed by atoms with Gasteiger partial charge in [-0.15, -0.1) is 6.42 Å². The van der Waals surface area contributed by atoms with Crippen molar-refractivity contribution in [3.05, 3.63) is 47.9 Å². The molecule has 5 aliphatic rings. The van der Waals surface area contributed by atoms with Gasteiger partial charge in [-0.3, -0.25) is 19.6 Å². The maximum absolute atomic E-state index is 16.4. The van der Waals surface area contributed by atoms with Gasteiger partial charge in [0.05, 0.1) is 30.5 Å². The molecule has 5 atom stereocenters. The second-order valence-electron chi connectivity index (χ2n) is 14.3. The summed E-state index contributed by atoms with van der Waals surface area (Å²) in [6, 6.07) is 8.46. The second-order valence-corrected chi connectivity index (χ2v) is 14.3. The number of rotatable bonds is 6. The predicted molar refractivity (Wildman–Crippen MR) is 194 cm³/mol. The van der Waals surface area contributed by atoms with Crippen molar-refractivity contribution < 1.29 is 37.7 Å². The summed E-state index contributed by atoms with van der Waals surface area (Å²) in [5, 5.41) is 12.0. The lowest BCUT2D eigenvalue weighted by Gasteiger charge is -2.55. The van der Waals surface area contributed by atoms with E-state index < -0.39 is 30.3 Å². The zero-order valence-corrected chi connectivity index (χ0v) is 30.1. The van der Waals surface area contributed by atoms with Gasteiger partial charge < -0.3 is 24.2 Å². The maximum atomic E-state index is 16.4. The standard InChI is InChI=1S/C32H30FN5O6.C7H12FN/c1-6-18-8-7-9-19-10-22(39)12-23(25(18)19)27-26(33)28-24(13-34-27)29(36-31(35-28)42-5)37-14-20-11-21(15-37)38(20)32(41)44-17(4)43-30(40)16(2)3;8-6-4-7-2-1-3-9(7)5-6/h1,7-10,12-13,16-17,20-21,39H,11,14-15H2,2-5H3;6-7H,1-5H2/t;6-,7?/m.1/s1. The Morgan fingerprint density at radius 2 is 1.83 bits per heavy atom. The van der Waals surface area contributed by atoms with Crippen LogP contribution in [-0.4, -0.2) is 106 Å². The molecule has 5 aliphatic heterocycles. The fraction of sp³-hybridized carbons (Fsp3) is 0.462. The van der Waals surface area contributed by atoms with Gasteiger partial charge in [0.25, 0.3) is 0 Å². The number of fused-ring (bicyclic) bond motifs is 5. The second kappa shape index (κ2) is 14.6. The molecular formula is C39H42F2N6O6. The molecule has 1 N–H and O–H groups in total. The lowest BCUT2D eigenvalue weighted by Crippen LogP contribution is -2.70. The highest BCUT2D eigenvalue weighted by Crippen LogP contribution is 2.40. The molecule has 9 rings (SSSR count). The van der Waals surface area contributed by atoms with E-state index in [0.29, 0.717) is 58.8 Å². The smallest absolute Gasteiger partial charge is 0.413 e. The van der Waals surface area contributed by atoms with Crippen LogP contribution in [0.4, 0.5) is 19.4 Å². The molecule has 5 saturated heterocycles. The zero-order chi connectivity index (χ0) is 37.6. The van der Waals surface area contributed by atoms with Crippen molar-refractivity contribution in [1.29, 1.82) is 0 Å².